The molecule has 8 heteroatoms. The number of rotatable bonds is 7. The predicted molar refractivity (Wildman–Crippen MR) is 117 cm³/mol. The van der Waals surface area contributed by atoms with Crippen LogP contribution in [0.1, 0.15) is 27.6 Å². The third-order valence-electron chi connectivity index (χ3n) is 5.29. The first kappa shape index (κ1) is 22.1. The molecule has 0 atom stereocenters. The number of anilines is 1. The minimum atomic E-state index is -0.366. The van der Waals surface area contributed by atoms with Gasteiger partial charge in [-0.25, -0.2) is 0 Å². The Labute approximate surface area is 181 Å². The Morgan fingerprint density at radius 1 is 0.871 bits per heavy atom. The van der Waals surface area contributed by atoms with Gasteiger partial charge in [0.05, 0.1) is 20.8 Å². The van der Waals surface area contributed by atoms with Crippen molar-refractivity contribution in [1.29, 1.82) is 0 Å². The number of carbonyl (C=O) groups excluding carboxylic acids is 3. The Balaban J connectivity index is 1.51. The maximum Gasteiger partial charge on any atom is 0.251 e. The Morgan fingerprint density at radius 3 is 1.97 bits per heavy atom. The van der Waals surface area contributed by atoms with Crippen LogP contribution in [0.25, 0.3) is 0 Å². The average molecular weight is 425 g/mol. The smallest absolute Gasteiger partial charge is 0.251 e. The highest BCUT2D eigenvalue weighted by Crippen LogP contribution is 2.22. The Morgan fingerprint density at radius 2 is 1.45 bits per heavy atom. The van der Waals surface area contributed by atoms with Crippen LogP contribution in [0.2, 0.25) is 0 Å². The van der Waals surface area contributed by atoms with Gasteiger partial charge < -0.3 is 24.6 Å². The molecule has 0 spiro atoms. The SMILES string of the molecule is COc1cc(OC)cc(C(=O)NCC(=O)N2CCN(c3ccc(C(C)=O)cc3)CC2)c1. The van der Waals surface area contributed by atoms with Crippen LogP contribution in [0.15, 0.2) is 42.5 Å². The van der Waals surface area contributed by atoms with E-state index in [-0.39, 0.29) is 24.1 Å². The van der Waals surface area contributed by atoms with E-state index in [1.165, 1.54) is 14.2 Å². The number of piperazine rings is 1. The van der Waals surface area contributed by atoms with Crippen molar-refractivity contribution < 1.29 is 23.9 Å². The van der Waals surface area contributed by atoms with E-state index in [1.807, 2.05) is 24.3 Å². The van der Waals surface area contributed by atoms with Gasteiger partial charge in [-0.2, -0.15) is 0 Å². The number of ether oxygens (including phenoxy) is 2. The minimum Gasteiger partial charge on any atom is -0.497 e. The molecule has 8 nitrogen and oxygen atoms in total. The molecule has 31 heavy (non-hydrogen) atoms. The lowest BCUT2D eigenvalue weighted by Gasteiger charge is -2.36. The van der Waals surface area contributed by atoms with Gasteiger partial charge in [-0.15, -0.1) is 0 Å². The molecule has 0 bridgehead atoms. The number of Topliss-reactive ketones (excluding diaryl/α,β-unsaturated/α-hetero) is 1. The molecule has 2 amide bonds. The van der Waals surface area contributed by atoms with Crippen molar-refractivity contribution in [3.05, 3.63) is 53.6 Å². The molecular formula is C23H27N3O5. The fraction of sp³-hybridized carbons (Fsp3) is 0.348. The van der Waals surface area contributed by atoms with Crippen LogP contribution in [0.5, 0.6) is 11.5 Å². The molecule has 0 aromatic heterocycles. The molecule has 2 aromatic rings. The van der Waals surface area contributed by atoms with Crippen molar-refractivity contribution in [2.75, 3.05) is 51.8 Å². The summed E-state index contributed by atoms with van der Waals surface area (Å²) >= 11 is 0. The quantitative estimate of drug-likeness (QED) is 0.683. The molecule has 3 rings (SSSR count). The van der Waals surface area contributed by atoms with Crippen molar-refractivity contribution in [2.45, 2.75) is 6.92 Å². The number of methoxy groups -OCH3 is 2. The Kier molecular flexibility index (Phi) is 7.12. The fourth-order valence-corrected chi connectivity index (χ4v) is 3.43. The van der Waals surface area contributed by atoms with Gasteiger partial charge >= 0.3 is 0 Å². The highest BCUT2D eigenvalue weighted by atomic mass is 16.5. The van der Waals surface area contributed by atoms with Crippen LogP contribution in [-0.4, -0.2) is 69.4 Å². The van der Waals surface area contributed by atoms with E-state index in [0.29, 0.717) is 48.8 Å². The number of nitrogens with one attached hydrogen (secondary N) is 1. The topological polar surface area (TPSA) is 88.2 Å². The van der Waals surface area contributed by atoms with Gasteiger partial charge in [0.15, 0.2) is 5.78 Å². The lowest BCUT2D eigenvalue weighted by Crippen LogP contribution is -2.51. The molecule has 0 unspecified atom stereocenters. The standard InChI is InChI=1S/C23H27N3O5/c1-16(27)17-4-6-19(7-5-17)25-8-10-26(11-9-25)22(28)15-24-23(29)18-12-20(30-2)14-21(13-18)31-3/h4-7,12-14H,8-11,15H2,1-3H3,(H,24,29). The van der Waals surface area contributed by atoms with Crippen molar-refractivity contribution in [2.24, 2.45) is 0 Å². The lowest BCUT2D eigenvalue weighted by atomic mass is 10.1. The molecule has 1 aliphatic heterocycles. The molecular weight excluding hydrogens is 398 g/mol. The van der Waals surface area contributed by atoms with Crippen LogP contribution < -0.4 is 19.7 Å². The Bertz CT molecular complexity index is 928. The zero-order valence-corrected chi connectivity index (χ0v) is 18.0. The third-order valence-corrected chi connectivity index (χ3v) is 5.29. The van der Waals surface area contributed by atoms with Gasteiger partial charge in [0, 0.05) is 49.1 Å². The summed E-state index contributed by atoms with van der Waals surface area (Å²) in [5, 5.41) is 2.67. The van der Waals surface area contributed by atoms with E-state index in [9.17, 15) is 14.4 Å². The molecule has 0 aliphatic carbocycles. The summed E-state index contributed by atoms with van der Waals surface area (Å²) < 4.78 is 10.4. The summed E-state index contributed by atoms with van der Waals surface area (Å²) in [4.78, 5) is 40.3. The maximum absolute atomic E-state index is 12.5. The number of amides is 2. The highest BCUT2D eigenvalue weighted by Gasteiger charge is 2.22. The van der Waals surface area contributed by atoms with Crippen LogP contribution in [0.3, 0.4) is 0 Å². The van der Waals surface area contributed by atoms with Crippen molar-refractivity contribution in [3.8, 4) is 11.5 Å². The van der Waals surface area contributed by atoms with Gasteiger partial charge in [-0.1, -0.05) is 0 Å². The summed E-state index contributed by atoms with van der Waals surface area (Å²) in [5.74, 6) is 0.549. The van der Waals surface area contributed by atoms with Gasteiger partial charge in [0.25, 0.3) is 5.91 Å². The predicted octanol–water partition coefficient (Wildman–Crippen LogP) is 1.98. The Hall–Kier alpha value is -3.55. The van der Waals surface area contributed by atoms with E-state index in [1.54, 1.807) is 30.0 Å². The summed E-state index contributed by atoms with van der Waals surface area (Å²) in [6.45, 7) is 3.97. The molecule has 0 radical (unpaired) electrons. The van der Waals surface area contributed by atoms with Crippen LogP contribution in [-0.2, 0) is 4.79 Å². The monoisotopic (exact) mass is 425 g/mol. The number of nitrogens with zero attached hydrogens (tertiary/aromatic N) is 2. The van der Waals surface area contributed by atoms with Gasteiger partial charge in [-0.3, -0.25) is 14.4 Å². The van der Waals surface area contributed by atoms with Crippen molar-refractivity contribution in [3.63, 3.8) is 0 Å². The first-order chi connectivity index (χ1) is 14.9. The average Bonchev–Trinajstić information content (AvgIpc) is 2.82. The zero-order valence-electron chi connectivity index (χ0n) is 18.0. The summed E-state index contributed by atoms with van der Waals surface area (Å²) in [5.41, 5.74) is 2.07. The van der Waals surface area contributed by atoms with E-state index < -0.39 is 0 Å². The van der Waals surface area contributed by atoms with Crippen LogP contribution >= 0.6 is 0 Å². The molecule has 2 aromatic carbocycles. The molecule has 1 heterocycles. The molecule has 1 N–H and O–H groups in total. The first-order valence-electron chi connectivity index (χ1n) is 10.1. The minimum absolute atomic E-state index is 0.0383. The number of hydrogen-bond donors (Lipinski definition) is 1. The number of hydrogen-bond acceptors (Lipinski definition) is 6. The van der Waals surface area contributed by atoms with Crippen LogP contribution in [0, 0.1) is 0 Å². The number of ketones is 1. The van der Waals surface area contributed by atoms with Crippen molar-refractivity contribution in [1.82, 2.24) is 10.2 Å². The van der Waals surface area contributed by atoms with Gasteiger partial charge in [-0.05, 0) is 43.3 Å². The molecule has 0 saturated carbocycles. The third kappa shape index (κ3) is 5.53. The fourth-order valence-electron chi connectivity index (χ4n) is 3.43. The normalized spacial score (nSPS) is 13.5. The van der Waals surface area contributed by atoms with E-state index in [4.69, 9.17) is 9.47 Å². The number of carbonyl (C=O) groups is 3. The molecule has 1 saturated heterocycles. The van der Waals surface area contributed by atoms with E-state index in [2.05, 4.69) is 10.2 Å². The van der Waals surface area contributed by atoms with Crippen LogP contribution in [0.4, 0.5) is 5.69 Å². The molecule has 1 aliphatic rings. The van der Waals surface area contributed by atoms with Gasteiger partial charge in [0.1, 0.15) is 11.5 Å². The summed E-state index contributed by atoms with van der Waals surface area (Å²) in [6.07, 6.45) is 0. The van der Waals surface area contributed by atoms with Crippen molar-refractivity contribution >= 4 is 23.3 Å². The first-order valence-corrected chi connectivity index (χ1v) is 10.1. The van der Waals surface area contributed by atoms with E-state index in [0.717, 1.165) is 5.69 Å². The van der Waals surface area contributed by atoms with E-state index >= 15 is 0 Å². The van der Waals surface area contributed by atoms with Gasteiger partial charge in [0.2, 0.25) is 5.91 Å². The second-order valence-electron chi connectivity index (χ2n) is 7.25. The second-order valence-corrected chi connectivity index (χ2v) is 7.25. The zero-order chi connectivity index (χ0) is 22.4. The molecule has 1 fully saturated rings. The molecule has 164 valence electrons. The summed E-state index contributed by atoms with van der Waals surface area (Å²) in [7, 11) is 3.02. The lowest BCUT2D eigenvalue weighted by molar-refractivity contribution is -0.130. The largest absolute Gasteiger partial charge is 0.497 e. The highest BCUT2D eigenvalue weighted by molar-refractivity contribution is 5.97. The summed E-state index contributed by atoms with van der Waals surface area (Å²) in [6, 6.07) is 12.4. The number of benzene rings is 2. The maximum atomic E-state index is 12.5. The second kappa shape index (κ2) is 9.97.